The van der Waals surface area contributed by atoms with Crippen LogP contribution in [0.3, 0.4) is 0 Å². The lowest BCUT2D eigenvalue weighted by Crippen LogP contribution is -2.20. The molecule has 0 saturated carbocycles. The van der Waals surface area contributed by atoms with Crippen LogP contribution in [0.25, 0.3) is 10.9 Å². The van der Waals surface area contributed by atoms with Gasteiger partial charge in [-0.05, 0) is 23.1 Å². The second-order valence-electron chi connectivity index (χ2n) is 4.92. The maximum absolute atomic E-state index is 11.1. The van der Waals surface area contributed by atoms with Crippen LogP contribution in [0.5, 0.6) is 0 Å². The summed E-state index contributed by atoms with van der Waals surface area (Å²) in [7, 11) is 0. The number of carbonyl (C=O) groups excluding carboxylic acids is 1. The van der Waals surface area contributed by atoms with Gasteiger partial charge in [-0.2, -0.15) is 9.78 Å². The number of carbonyl (C=O) groups is 1. The van der Waals surface area contributed by atoms with Crippen molar-refractivity contribution in [1.82, 2.24) is 9.78 Å². The predicted molar refractivity (Wildman–Crippen MR) is 63.4 cm³/mol. The lowest BCUT2D eigenvalue weighted by molar-refractivity contribution is 0.248. The third-order valence-corrected chi connectivity index (χ3v) is 2.64. The number of rotatable bonds is 0. The number of benzene rings is 1. The summed E-state index contributed by atoms with van der Waals surface area (Å²) in [5.74, 6) is 0. The van der Waals surface area contributed by atoms with Crippen molar-refractivity contribution in [3.63, 3.8) is 0 Å². The summed E-state index contributed by atoms with van der Waals surface area (Å²) in [4.78, 5) is 11.1. The number of fused-ring (bicyclic) bond motifs is 1. The Balaban J connectivity index is 2.62. The second kappa shape index (κ2) is 3.33. The smallest absolute Gasteiger partial charge is 0.340 e. The zero-order valence-electron chi connectivity index (χ0n) is 9.69. The van der Waals surface area contributed by atoms with Crippen LogP contribution in [0.4, 0.5) is 4.79 Å². The summed E-state index contributed by atoms with van der Waals surface area (Å²) in [5.41, 5.74) is 7.26. The highest BCUT2D eigenvalue weighted by molar-refractivity contribution is 5.89. The van der Waals surface area contributed by atoms with Gasteiger partial charge in [-0.3, -0.25) is 0 Å². The average Bonchev–Trinajstić information content (AvgIpc) is 2.58. The summed E-state index contributed by atoms with van der Waals surface area (Å²) in [6.45, 7) is 6.44. The highest BCUT2D eigenvalue weighted by atomic mass is 16.2. The molecular formula is C12H15N3O. The van der Waals surface area contributed by atoms with E-state index in [-0.39, 0.29) is 5.41 Å². The van der Waals surface area contributed by atoms with Gasteiger partial charge in [0, 0.05) is 5.39 Å². The van der Waals surface area contributed by atoms with Gasteiger partial charge in [0.05, 0.1) is 11.7 Å². The first-order valence-corrected chi connectivity index (χ1v) is 5.17. The molecule has 0 atom stereocenters. The third kappa shape index (κ3) is 1.66. The minimum absolute atomic E-state index is 0.0863. The van der Waals surface area contributed by atoms with Crippen LogP contribution >= 0.6 is 0 Å². The molecule has 0 fully saturated rings. The van der Waals surface area contributed by atoms with Gasteiger partial charge in [-0.1, -0.05) is 26.8 Å². The van der Waals surface area contributed by atoms with E-state index in [2.05, 4.69) is 25.9 Å². The summed E-state index contributed by atoms with van der Waals surface area (Å²) >= 11 is 0. The van der Waals surface area contributed by atoms with Crippen molar-refractivity contribution in [1.29, 1.82) is 0 Å². The molecule has 16 heavy (non-hydrogen) atoms. The van der Waals surface area contributed by atoms with E-state index in [0.717, 1.165) is 10.9 Å². The van der Waals surface area contributed by atoms with E-state index < -0.39 is 6.03 Å². The number of primary amides is 1. The first kappa shape index (κ1) is 10.7. The molecule has 84 valence electrons. The zero-order valence-corrected chi connectivity index (χ0v) is 9.69. The van der Waals surface area contributed by atoms with Crippen LogP contribution < -0.4 is 5.73 Å². The highest BCUT2D eigenvalue weighted by Crippen LogP contribution is 2.25. The molecule has 1 aromatic heterocycles. The number of nitrogens with two attached hydrogens (primary N) is 1. The molecule has 0 radical (unpaired) electrons. The normalized spacial score (nSPS) is 11.9. The molecule has 0 aliphatic rings. The van der Waals surface area contributed by atoms with Crippen LogP contribution in [0, 0.1) is 0 Å². The third-order valence-electron chi connectivity index (χ3n) is 2.64. The van der Waals surface area contributed by atoms with E-state index in [1.807, 2.05) is 18.2 Å². The monoisotopic (exact) mass is 217 g/mol. The number of nitrogens with zero attached hydrogens (tertiary/aromatic N) is 2. The molecule has 2 rings (SSSR count). The van der Waals surface area contributed by atoms with Gasteiger partial charge < -0.3 is 5.73 Å². The molecule has 1 amide bonds. The number of amides is 1. The van der Waals surface area contributed by atoms with E-state index in [0.29, 0.717) is 0 Å². The maximum Gasteiger partial charge on any atom is 0.340 e. The van der Waals surface area contributed by atoms with Crippen LogP contribution in [0.2, 0.25) is 0 Å². The molecule has 0 spiro atoms. The quantitative estimate of drug-likeness (QED) is 0.735. The Morgan fingerprint density at radius 2 is 2.06 bits per heavy atom. The molecule has 4 heteroatoms. The van der Waals surface area contributed by atoms with E-state index in [1.165, 1.54) is 10.2 Å². The van der Waals surface area contributed by atoms with Crippen molar-refractivity contribution in [2.45, 2.75) is 26.2 Å². The topological polar surface area (TPSA) is 60.9 Å². The van der Waals surface area contributed by atoms with Gasteiger partial charge in [0.15, 0.2) is 0 Å². The average molecular weight is 217 g/mol. The predicted octanol–water partition coefficient (Wildman–Crippen LogP) is 2.26. The minimum atomic E-state index is -0.557. The van der Waals surface area contributed by atoms with Crippen molar-refractivity contribution < 1.29 is 4.79 Å². The molecule has 0 saturated heterocycles. The Labute approximate surface area is 94.0 Å². The summed E-state index contributed by atoms with van der Waals surface area (Å²) in [6, 6.07) is 5.37. The van der Waals surface area contributed by atoms with Crippen molar-refractivity contribution >= 4 is 16.9 Å². The van der Waals surface area contributed by atoms with Crippen molar-refractivity contribution in [2.75, 3.05) is 0 Å². The molecule has 2 aromatic rings. The minimum Gasteiger partial charge on any atom is -0.350 e. The molecule has 0 unspecified atom stereocenters. The zero-order chi connectivity index (χ0) is 11.9. The van der Waals surface area contributed by atoms with E-state index >= 15 is 0 Å². The van der Waals surface area contributed by atoms with Gasteiger partial charge in [0.25, 0.3) is 0 Å². The van der Waals surface area contributed by atoms with Gasteiger partial charge in [0.1, 0.15) is 0 Å². The molecule has 0 aliphatic heterocycles. The Bertz CT molecular complexity index is 549. The Kier molecular flexibility index (Phi) is 2.22. The van der Waals surface area contributed by atoms with Crippen molar-refractivity contribution in [3.05, 3.63) is 30.0 Å². The molecule has 1 heterocycles. The van der Waals surface area contributed by atoms with Gasteiger partial charge in [-0.15, -0.1) is 0 Å². The number of hydrogen-bond acceptors (Lipinski definition) is 2. The molecule has 2 N–H and O–H groups in total. The van der Waals surface area contributed by atoms with Gasteiger partial charge in [-0.25, -0.2) is 4.79 Å². The highest BCUT2D eigenvalue weighted by Gasteiger charge is 2.15. The number of hydrogen-bond donors (Lipinski definition) is 1. The van der Waals surface area contributed by atoms with E-state index in [1.54, 1.807) is 6.20 Å². The molecule has 0 bridgehead atoms. The van der Waals surface area contributed by atoms with E-state index in [4.69, 9.17) is 5.73 Å². The lowest BCUT2D eigenvalue weighted by atomic mass is 9.86. The van der Waals surface area contributed by atoms with E-state index in [9.17, 15) is 4.79 Å². The lowest BCUT2D eigenvalue weighted by Gasteiger charge is -2.18. The summed E-state index contributed by atoms with van der Waals surface area (Å²) < 4.78 is 1.21. The largest absolute Gasteiger partial charge is 0.350 e. The van der Waals surface area contributed by atoms with Crippen LogP contribution in [-0.2, 0) is 5.41 Å². The first-order chi connectivity index (χ1) is 7.39. The molecule has 4 nitrogen and oxygen atoms in total. The SMILES string of the molecule is CC(C)(C)c1ccc2c(cnn2C(N)=O)c1. The Morgan fingerprint density at radius 1 is 1.38 bits per heavy atom. The molecular weight excluding hydrogens is 202 g/mol. The fourth-order valence-corrected chi connectivity index (χ4v) is 1.68. The maximum atomic E-state index is 11.1. The first-order valence-electron chi connectivity index (χ1n) is 5.17. The molecule has 0 aliphatic carbocycles. The van der Waals surface area contributed by atoms with Gasteiger partial charge in [0.2, 0.25) is 0 Å². The summed E-state index contributed by atoms with van der Waals surface area (Å²) in [6.07, 6.45) is 1.66. The van der Waals surface area contributed by atoms with Crippen LogP contribution in [-0.4, -0.2) is 15.8 Å². The second-order valence-corrected chi connectivity index (χ2v) is 4.92. The van der Waals surface area contributed by atoms with Crippen molar-refractivity contribution in [2.24, 2.45) is 5.73 Å². The van der Waals surface area contributed by atoms with Crippen LogP contribution in [0.15, 0.2) is 24.4 Å². The Morgan fingerprint density at radius 3 is 2.62 bits per heavy atom. The molecule has 1 aromatic carbocycles. The summed E-state index contributed by atoms with van der Waals surface area (Å²) in [5, 5.41) is 4.90. The fraction of sp³-hybridized carbons (Fsp3) is 0.333. The fourth-order valence-electron chi connectivity index (χ4n) is 1.68. The van der Waals surface area contributed by atoms with Gasteiger partial charge >= 0.3 is 6.03 Å². The number of aromatic nitrogens is 2. The standard InChI is InChI=1S/C12H15N3O/c1-12(2,3)9-4-5-10-8(6-9)7-14-15(10)11(13)16/h4-7H,1-3H3,(H2,13,16). The Hall–Kier alpha value is -1.84. The van der Waals surface area contributed by atoms with Crippen molar-refractivity contribution in [3.8, 4) is 0 Å². The van der Waals surface area contributed by atoms with Crippen LogP contribution in [0.1, 0.15) is 26.3 Å².